The monoisotopic (exact) mass is 480 g/mol. The fraction of sp³-hybridized carbons (Fsp3) is 0.400. The molecule has 178 valence electrons. The number of carbonyl (C=O) groups is 1. The molecule has 1 aliphatic rings. The van der Waals surface area contributed by atoms with Crippen LogP contribution in [0.4, 0.5) is 0 Å². The van der Waals surface area contributed by atoms with Crippen LogP contribution in [0.2, 0.25) is 0 Å². The molecule has 1 fully saturated rings. The summed E-state index contributed by atoms with van der Waals surface area (Å²) in [5.41, 5.74) is 9.43. The third kappa shape index (κ3) is 5.37. The highest BCUT2D eigenvalue weighted by Gasteiger charge is 2.28. The Morgan fingerprint density at radius 1 is 1.29 bits per heavy atom. The molecule has 1 amide bonds. The third-order valence-corrected chi connectivity index (χ3v) is 7.08. The molecule has 1 saturated heterocycles. The number of primary amides is 1. The van der Waals surface area contributed by atoms with Crippen molar-refractivity contribution in [2.24, 2.45) is 5.73 Å². The van der Waals surface area contributed by atoms with E-state index in [0.29, 0.717) is 39.3 Å². The number of amides is 1. The Labute approximate surface area is 202 Å². The van der Waals surface area contributed by atoms with E-state index in [9.17, 15) is 14.9 Å². The lowest BCUT2D eigenvalue weighted by Gasteiger charge is -2.27. The Hall–Kier alpha value is -3.03. The zero-order valence-corrected chi connectivity index (χ0v) is 19.9. The summed E-state index contributed by atoms with van der Waals surface area (Å²) in [4.78, 5) is 26.0. The predicted molar refractivity (Wildman–Crippen MR) is 132 cm³/mol. The van der Waals surface area contributed by atoms with E-state index in [1.54, 1.807) is 11.7 Å². The molecule has 0 aliphatic carbocycles. The van der Waals surface area contributed by atoms with Gasteiger partial charge in [-0.1, -0.05) is 41.7 Å². The van der Waals surface area contributed by atoms with E-state index < -0.39 is 12.0 Å². The Morgan fingerprint density at radius 3 is 2.76 bits per heavy atom. The van der Waals surface area contributed by atoms with Crippen molar-refractivity contribution in [3.63, 3.8) is 0 Å². The van der Waals surface area contributed by atoms with Crippen LogP contribution in [-0.4, -0.2) is 60.9 Å². The van der Waals surface area contributed by atoms with Crippen molar-refractivity contribution in [3.05, 3.63) is 57.7 Å². The fourth-order valence-corrected chi connectivity index (χ4v) is 5.15. The number of carbonyl (C=O) groups excluding carboxylic acids is 1. The van der Waals surface area contributed by atoms with Gasteiger partial charge in [-0.15, -0.1) is 0 Å². The molecule has 0 spiro atoms. The molecule has 0 radical (unpaired) electrons. The van der Waals surface area contributed by atoms with E-state index in [2.05, 4.69) is 6.07 Å². The van der Waals surface area contributed by atoms with E-state index in [1.807, 2.05) is 47.4 Å². The molecule has 0 saturated carbocycles. The van der Waals surface area contributed by atoms with Crippen LogP contribution < -0.4 is 10.6 Å². The van der Waals surface area contributed by atoms with Crippen molar-refractivity contribution in [2.75, 3.05) is 33.4 Å². The highest BCUT2D eigenvalue weighted by atomic mass is 32.1. The van der Waals surface area contributed by atoms with Gasteiger partial charge in [-0.05, 0) is 35.2 Å². The molecule has 2 N–H and O–H groups in total. The van der Waals surface area contributed by atoms with Gasteiger partial charge in [-0.3, -0.25) is 19.1 Å². The van der Waals surface area contributed by atoms with Crippen LogP contribution in [0.15, 0.2) is 47.3 Å². The van der Waals surface area contributed by atoms with E-state index in [4.69, 9.17) is 15.2 Å². The van der Waals surface area contributed by atoms with E-state index in [0.717, 1.165) is 33.3 Å². The van der Waals surface area contributed by atoms with Gasteiger partial charge in [0.05, 0.1) is 29.4 Å². The SMILES string of the molecule is COCCn1c(=O)sc2ccc(-c3ccc(C[C@@H](C#N)N4CCCO[C@H](C(N)=O)C4)cc3)cc21. The number of benzene rings is 2. The molecule has 3 aromatic rings. The van der Waals surface area contributed by atoms with Crippen molar-refractivity contribution in [1.82, 2.24) is 9.47 Å². The van der Waals surface area contributed by atoms with Gasteiger partial charge in [0, 0.05) is 33.2 Å². The summed E-state index contributed by atoms with van der Waals surface area (Å²) in [6.45, 7) is 2.48. The van der Waals surface area contributed by atoms with Crippen molar-refractivity contribution >= 4 is 27.5 Å². The third-order valence-electron chi connectivity index (χ3n) is 6.12. The predicted octanol–water partition coefficient (Wildman–Crippen LogP) is 2.39. The second-order valence-corrected chi connectivity index (χ2v) is 9.34. The van der Waals surface area contributed by atoms with E-state index in [-0.39, 0.29) is 10.9 Å². The molecule has 2 atom stereocenters. The van der Waals surface area contributed by atoms with Gasteiger partial charge in [-0.25, -0.2) is 0 Å². The lowest BCUT2D eigenvalue weighted by molar-refractivity contribution is -0.129. The fourth-order valence-electron chi connectivity index (χ4n) is 4.25. The summed E-state index contributed by atoms with van der Waals surface area (Å²) >= 11 is 1.24. The van der Waals surface area contributed by atoms with Crippen LogP contribution >= 0.6 is 11.3 Å². The molecule has 1 aromatic heterocycles. The quantitative estimate of drug-likeness (QED) is 0.530. The summed E-state index contributed by atoms with van der Waals surface area (Å²) in [5.74, 6) is -0.497. The molecule has 2 aromatic carbocycles. The van der Waals surface area contributed by atoms with Gasteiger partial charge in [0.25, 0.3) is 0 Å². The summed E-state index contributed by atoms with van der Waals surface area (Å²) in [5, 5.41) is 9.79. The zero-order chi connectivity index (χ0) is 24.1. The first kappa shape index (κ1) is 24.1. The van der Waals surface area contributed by atoms with Crippen LogP contribution in [0.1, 0.15) is 12.0 Å². The standard InChI is InChI=1S/C25H28N4O4S/c1-32-12-10-29-21-14-19(7-8-23(21)34-25(29)31)18-5-3-17(4-6-18)13-20(15-26)28-9-2-11-33-22(16-28)24(27)30/h3-8,14,20,22H,2,9-13,16H2,1H3,(H2,27,30)/t20-,22-/m0/s1. The molecule has 2 heterocycles. The van der Waals surface area contributed by atoms with Crippen LogP contribution in [0.3, 0.4) is 0 Å². The minimum Gasteiger partial charge on any atom is -0.383 e. The number of fused-ring (bicyclic) bond motifs is 1. The lowest BCUT2D eigenvalue weighted by atomic mass is 10.00. The zero-order valence-electron chi connectivity index (χ0n) is 19.1. The molecule has 0 bridgehead atoms. The van der Waals surface area contributed by atoms with Crippen molar-refractivity contribution in [3.8, 4) is 17.2 Å². The molecule has 9 heteroatoms. The average molecular weight is 481 g/mol. The minimum atomic E-state index is -0.686. The van der Waals surface area contributed by atoms with Crippen molar-refractivity contribution in [1.29, 1.82) is 5.26 Å². The van der Waals surface area contributed by atoms with Crippen LogP contribution in [0.5, 0.6) is 0 Å². The van der Waals surface area contributed by atoms with Gasteiger partial charge in [0.15, 0.2) is 0 Å². The number of rotatable bonds is 8. The van der Waals surface area contributed by atoms with E-state index in [1.165, 1.54) is 11.3 Å². The van der Waals surface area contributed by atoms with Gasteiger partial charge in [0.1, 0.15) is 12.1 Å². The number of ether oxygens (including phenoxy) is 2. The number of nitriles is 1. The topological polar surface area (TPSA) is 111 Å². The summed E-state index contributed by atoms with van der Waals surface area (Å²) in [7, 11) is 1.63. The Bertz CT molecular complexity index is 1240. The highest BCUT2D eigenvalue weighted by Crippen LogP contribution is 2.27. The first-order valence-electron chi connectivity index (χ1n) is 11.3. The average Bonchev–Trinajstić information content (AvgIpc) is 2.99. The normalized spacial score (nSPS) is 17.8. The first-order chi connectivity index (χ1) is 16.5. The largest absolute Gasteiger partial charge is 0.383 e. The summed E-state index contributed by atoms with van der Waals surface area (Å²) in [6.07, 6.45) is 0.609. The molecular formula is C25H28N4O4S. The van der Waals surface area contributed by atoms with Crippen molar-refractivity contribution < 1.29 is 14.3 Å². The number of aromatic nitrogens is 1. The van der Waals surface area contributed by atoms with Gasteiger partial charge >= 0.3 is 4.87 Å². The maximum absolute atomic E-state index is 12.3. The number of nitrogens with zero attached hydrogens (tertiary/aromatic N) is 3. The maximum Gasteiger partial charge on any atom is 0.308 e. The summed E-state index contributed by atoms with van der Waals surface area (Å²) < 4.78 is 13.4. The van der Waals surface area contributed by atoms with Gasteiger partial charge in [-0.2, -0.15) is 5.26 Å². The second-order valence-electron chi connectivity index (χ2n) is 8.35. The number of thiazole rings is 1. The van der Waals surface area contributed by atoms with Gasteiger partial charge in [0.2, 0.25) is 5.91 Å². The Morgan fingerprint density at radius 2 is 2.06 bits per heavy atom. The van der Waals surface area contributed by atoms with Crippen LogP contribution in [0, 0.1) is 11.3 Å². The number of methoxy groups -OCH3 is 1. The lowest BCUT2D eigenvalue weighted by Crippen LogP contribution is -2.44. The molecule has 0 unspecified atom stereocenters. The van der Waals surface area contributed by atoms with E-state index >= 15 is 0 Å². The molecule has 4 rings (SSSR count). The first-order valence-corrected chi connectivity index (χ1v) is 12.1. The Balaban J connectivity index is 1.51. The number of nitrogens with two attached hydrogens (primary N) is 1. The molecule has 1 aliphatic heterocycles. The number of hydrogen-bond donors (Lipinski definition) is 1. The smallest absolute Gasteiger partial charge is 0.308 e. The summed E-state index contributed by atoms with van der Waals surface area (Å²) in [6, 6.07) is 16.2. The maximum atomic E-state index is 12.3. The van der Waals surface area contributed by atoms with Crippen molar-refractivity contribution in [2.45, 2.75) is 31.5 Å². The van der Waals surface area contributed by atoms with Crippen LogP contribution in [0.25, 0.3) is 21.3 Å². The highest BCUT2D eigenvalue weighted by molar-refractivity contribution is 7.16. The molecule has 34 heavy (non-hydrogen) atoms. The molecular weight excluding hydrogens is 452 g/mol. The van der Waals surface area contributed by atoms with Gasteiger partial charge < -0.3 is 15.2 Å². The second kappa shape index (κ2) is 10.9. The minimum absolute atomic E-state index is 0.0135. The Kier molecular flexibility index (Phi) is 7.75. The van der Waals surface area contributed by atoms with Crippen LogP contribution in [-0.2, 0) is 27.2 Å². The molecule has 8 nitrogen and oxygen atoms in total. The number of hydrogen-bond acceptors (Lipinski definition) is 7.